The van der Waals surface area contributed by atoms with E-state index in [9.17, 15) is 13.6 Å². The normalized spacial score (nSPS) is 11.0. The number of ether oxygens (including phenoxy) is 2. The molecule has 0 amide bonds. The van der Waals surface area contributed by atoms with Gasteiger partial charge in [0.25, 0.3) is 5.43 Å². The molecule has 158 valence electrons. The predicted molar refractivity (Wildman–Crippen MR) is 110 cm³/mol. The Morgan fingerprint density at radius 2 is 1.81 bits per heavy atom. The molecule has 0 aliphatic rings. The molecule has 4 rings (SSSR count). The van der Waals surface area contributed by atoms with Crippen LogP contribution < -0.4 is 14.9 Å². The second kappa shape index (κ2) is 8.39. The van der Waals surface area contributed by atoms with E-state index in [0.29, 0.717) is 5.69 Å². The lowest BCUT2D eigenvalue weighted by molar-refractivity contribution is -0.0499. The Kier molecular flexibility index (Phi) is 5.48. The summed E-state index contributed by atoms with van der Waals surface area (Å²) in [6, 6.07) is 15.7. The molecule has 7 nitrogen and oxygen atoms in total. The molecule has 31 heavy (non-hydrogen) atoms. The quantitative estimate of drug-likeness (QED) is 0.468. The van der Waals surface area contributed by atoms with Crippen LogP contribution in [0.4, 0.5) is 8.78 Å². The molecule has 0 fully saturated rings. The summed E-state index contributed by atoms with van der Waals surface area (Å²) < 4.78 is 38.7. The van der Waals surface area contributed by atoms with E-state index in [1.807, 2.05) is 30.3 Å². The minimum atomic E-state index is -3.01. The maximum Gasteiger partial charge on any atom is 0.387 e. The molecule has 0 bridgehead atoms. The number of aromatic nitrogens is 4. The highest BCUT2D eigenvalue weighted by molar-refractivity contribution is 5.60. The SMILES string of the molecule is COc1cn(-c2ccc(C)cc2OC(F)F)nc(-c2ccnn2-c2ccccc2)c1=O. The second-order valence-electron chi connectivity index (χ2n) is 6.63. The predicted octanol–water partition coefficient (Wildman–Crippen LogP) is 4.00. The Labute approximate surface area is 176 Å². The Balaban J connectivity index is 1.92. The first-order chi connectivity index (χ1) is 15.0. The summed E-state index contributed by atoms with van der Waals surface area (Å²) in [6.45, 7) is -1.26. The topological polar surface area (TPSA) is 71.2 Å². The van der Waals surface area contributed by atoms with E-state index in [1.54, 1.807) is 36.0 Å². The summed E-state index contributed by atoms with van der Waals surface area (Å²) in [5.41, 5.74) is 1.71. The van der Waals surface area contributed by atoms with Crippen molar-refractivity contribution in [2.45, 2.75) is 13.5 Å². The lowest BCUT2D eigenvalue weighted by Gasteiger charge is -2.15. The number of nitrogens with zero attached hydrogens (tertiary/aromatic N) is 4. The van der Waals surface area contributed by atoms with Gasteiger partial charge in [0, 0.05) is 0 Å². The number of methoxy groups -OCH3 is 1. The number of para-hydroxylation sites is 1. The fourth-order valence-corrected chi connectivity index (χ4v) is 3.16. The summed E-state index contributed by atoms with van der Waals surface area (Å²) in [5.74, 6) is -0.0786. The first-order valence-corrected chi connectivity index (χ1v) is 9.31. The molecular weight excluding hydrogens is 406 g/mol. The second-order valence-corrected chi connectivity index (χ2v) is 6.63. The van der Waals surface area contributed by atoms with Crippen molar-refractivity contribution in [1.82, 2.24) is 19.6 Å². The van der Waals surface area contributed by atoms with Crippen LogP contribution in [0.3, 0.4) is 0 Å². The molecular formula is C22H18F2N4O3. The Bertz CT molecular complexity index is 1270. The molecule has 0 atom stereocenters. The average Bonchev–Trinajstić information content (AvgIpc) is 3.24. The van der Waals surface area contributed by atoms with E-state index in [1.165, 1.54) is 24.1 Å². The number of aryl methyl sites for hydroxylation is 1. The van der Waals surface area contributed by atoms with Crippen LogP contribution in [0.25, 0.3) is 22.8 Å². The van der Waals surface area contributed by atoms with Gasteiger partial charge in [0.2, 0.25) is 0 Å². The number of benzene rings is 2. The third-order valence-electron chi connectivity index (χ3n) is 4.57. The Hall–Kier alpha value is -4.01. The van der Waals surface area contributed by atoms with Crippen LogP contribution >= 0.6 is 0 Å². The van der Waals surface area contributed by atoms with Gasteiger partial charge in [-0.25, -0.2) is 9.36 Å². The van der Waals surface area contributed by atoms with Crippen molar-refractivity contribution in [3.05, 3.63) is 82.8 Å². The van der Waals surface area contributed by atoms with E-state index in [0.717, 1.165) is 11.3 Å². The van der Waals surface area contributed by atoms with Crippen molar-refractivity contribution >= 4 is 0 Å². The van der Waals surface area contributed by atoms with Crippen molar-refractivity contribution in [3.8, 4) is 34.3 Å². The van der Waals surface area contributed by atoms with Gasteiger partial charge in [-0.05, 0) is 42.8 Å². The molecule has 2 heterocycles. The van der Waals surface area contributed by atoms with Crippen molar-refractivity contribution in [2.75, 3.05) is 7.11 Å². The standard InChI is InChI=1S/C22H18F2N4O3/c1-14-8-9-16(18(12-14)31-22(23)24)27-13-19(30-2)21(29)20(26-27)17-10-11-25-28(17)15-6-4-3-5-7-15/h3-13,22H,1-2H3. The minimum Gasteiger partial charge on any atom is -0.491 e. The van der Waals surface area contributed by atoms with Crippen LogP contribution in [-0.4, -0.2) is 33.3 Å². The minimum absolute atomic E-state index is 0.00520. The average molecular weight is 424 g/mol. The molecule has 2 aromatic heterocycles. The van der Waals surface area contributed by atoms with Crippen LogP contribution in [0, 0.1) is 6.92 Å². The fraction of sp³-hybridized carbons (Fsp3) is 0.136. The molecule has 2 aromatic carbocycles. The van der Waals surface area contributed by atoms with E-state index < -0.39 is 12.0 Å². The summed E-state index contributed by atoms with van der Waals surface area (Å²) in [5, 5.41) is 8.71. The maximum atomic E-state index is 13.0. The zero-order chi connectivity index (χ0) is 22.0. The summed E-state index contributed by atoms with van der Waals surface area (Å²) >= 11 is 0. The number of hydrogen-bond donors (Lipinski definition) is 0. The molecule has 0 spiro atoms. The van der Waals surface area contributed by atoms with Gasteiger partial charge in [-0.1, -0.05) is 24.3 Å². The van der Waals surface area contributed by atoms with Crippen LogP contribution in [0.2, 0.25) is 0 Å². The van der Waals surface area contributed by atoms with Gasteiger partial charge in [-0.3, -0.25) is 4.79 Å². The molecule has 0 N–H and O–H groups in total. The van der Waals surface area contributed by atoms with E-state index in [4.69, 9.17) is 4.74 Å². The molecule has 4 aromatic rings. The van der Waals surface area contributed by atoms with Gasteiger partial charge in [-0.2, -0.15) is 19.0 Å². The van der Waals surface area contributed by atoms with Crippen molar-refractivity contribution in [1.29, 1.82) is 0 Å². The molecule has 9 heteroatoms. The number of hydrogen-bond acceptors (Lipinski definition) is 5. The Morgan fingerprint density at radius 1 is 1.03 bits per heavy atom. The van der Waals surface area contributed by atoms with E-state index in [2.05, 4.69) is 14.9 Å². The highest BCUT2D eigenvalue weighted by Crippen LogP contribution is 2.27. The van der Waals surface area contributed by atoms with Crippen LogP contribution in [-0.2, 0) is 0 Å². The lowest BCUT2D eigenvalue weighted by Crippen LogP contribution is -2.18. The highest BCUT2D eigenvalue weighted by atomic mass is 19.3. The molecule has 0 saturated carbocycles. The molecule has 0 radical (unpaired) electrons. The third-order valence-corrected chi connectivity index (χ3v) is 4.57. The first kappa shape index (κ1) is 20.3. The van der Waals surface area contributed by atoms with Gasteiger partial charge >= 0.3 is 6.61 Å². The molecule has 0 aliphatic carbocycles. The summed E-state index contributed by atoms with van der Waals surface area (Å²) in [7, 11) is 1.35. The van der Waals surface area contributed by atoms with Crippen LogP contribution in [0.1, 0.15) is 5.56 Å². The monoisotopic (exact) mass is 424 g/mol. The highest BCUT2D eigenvalue weighted by Gasteiger charge is 2.19. The van der Waals surface area contributed by atoms with Crippen molar-refractivity contribution < 1.29 is 18.3 Å². The van der Waals surface area contributed by atoms with E-state index >= 15 is 0 Å². The molecule has 0 unspecified atom stereocenters. The lowest BCUT2D eigenvalue weighted by atomic mass is 10.2. The number of alkyl halides is 2. The number of halogens is 2. The molecule has 0 aliphatic heterocycles. The van der Waals surface area contributed by atoms with E-state index in [-0.39, 0.29) is 22.9 Å². The zero-order valence-electron chi connectivity index (χ0n) is 16.7. The molecule has 0 saturated heterocycles. The van der Waals surface area contributed by atoms with Crippen LogP contribution in [0.5, 0.6) is 11.5 Å². The van der Waals surface area contributed by atoms with Gasteiger partial charge < -0.3 is 9.47 Å². The van der Waals surface area contributed by atoms with Gasteiger partial charge in [0.05, 0.1) is 30.9 Å². The number of rotatable bonds is 6. The van der Waals surface area contributed by atoms with Gasteiger partial charge in [-0.15, -0.1) is 0 Å². The first-order valence-electron chi connectivity index (χ1n) is 9.31. The third kappa shape index (κ3) is 4.02. The summed E-state index contributed by atoms with van der Waals surface area (Å²) in [6.07, 6.45) is 2.88. The fourth-order valence-electron chi connectivity index (χ4n) is 3.16. The van der Waals surface area contributed by atoms with Crippen molar-refractivity contribution in [3.63, 3.8) is 0 Å². The van der Waals surface area contributed by atoms with Crippen molar-refractivity contribution in [2.24, 2.45) is 0 Å². The summed E-state index contributed by atoms with van der Waals surface area (Å²) in [4.78, 5) is 13.0. The Morgan fingerprint density at radius 3 is 2.52 bits per heavy atom. The van der Waals surface area contributed by atoms with Crippen LogP contribution in [0.15, 0.2) is 71.8 Å². The largest absolute Gasteiger partial charge is 0.491 e. The smallest absolute Gasteiger partial charge is 0.387 e. The maximum absolute atomic E-state index is 13.0. The zero-order valence-corrected chi connectivity index (χ0v) is 16.7. The van der Waals surface area contributed by atoms with Gasteiger partial charge in [0.15, 0.2) is 17.2 Å². The van der Waals surface area contributed by atoms with Gasteiger partial charge in [0.1, 0.15) is 5.69 Å².